The van der Waals surface area contributed by atoms with Crippen LogP contribution in [0.3, 0.4) is 0 Å². The fourth-order valence-corrected chi connectivity index (χ4v) is 4.09. The van der Waals surface area contributed by atoms with Crippen LogP contribution in [0.5, 0.6) is 0 Å². The second-order valence-electron chi connectivity index (χ2n) is 7.01. The van der Waals surface area contributed by atoms with Crippen molar-refractivity contribution >= 4 is 23.4 Å². The third-order valence-electron chi connectivity index (χ3n) is 4.52. The van der Waals surface area contributed by atoms with E-state index in [9.17, 15) is 4.79 Å². The molecular formula is C22H22N6OS. The number of carbonyl (C=O) groups is 1. The molecule has 1 amide bonds. The minimum absolute atomic E-state index is 0.102. The van der Waals surface area contributed by atoms with E-state index in [1.807, 2.05) is 40.4 Å². The van der Waals surface area contributed by atoms with E-state index in [2.05, 4.69) is 57.9 Å². The Morgan fingerprint density at radius 3 is 2.57 bits per heavy atom. The lowest BCUT2D eigenvalue weighted by molar-refractivity contribution is -0.114. The molecule has 0 aliphatic heterocycles. The van der Waals surface area contributed by atoms with Gasteiger partial charge in [0.15, 0.2) is 5.16 Å². The summed E-state index contributed by atoms with van der Waals surface area (Å²) in [7, 11) is 0. The molecule has 0 spiro atoms. The van der Waals surface area contributed by atoms with Gasteiger partial charge in [0.2, 0.25) is 5.91 Å². The summed E-state index contributed by atoms with van der Waals surface area (Å²) in [4.78, 5) is 11.3. The number of thioether (sulfide) groups is 1. The molecule has 0 radical (unpaired) electrons. The van der Waals surface area contributed by atoms with Gasteiger partial charge >= 0.3 is 0 Å². The third kappa shape index (κ3) is 4.44. The normalized spacial score (nSPS) is 10.9. The van der Waals surface area contributed by atoms with Gasteiger partial charge in [-0.1, -0.05) is 30.0 Å². The van der Waals surface area contributed by atoms with Crippen LogP contribution < -0.4 is 5.32 Å². The molecule has 2 aromatic carbocycles. The smallest absolute Gasteiger partial charge is 0.221 e. The average molecular weight is 419 g/mol. The molecule has 8 heteroatoms. The predicted molar refractivity (Wildman–Crippen MR) is 118 cm³/mol. The summed E-state index contributed by atoms with van der Waals surface area (Å²) < 4.78 is 3.87. The molecule has 0 aliphatic carbocycles. The topological polar surface area (TPSA) is 77.6 Å². The Morgan fingerprint density at radius 1 is 1.07 bits per heavy atom. The number of rotatable bonds is 6. The molecule has 0 unspecified atom stereocenters. The number of amides is 1. The van der Waals surface area contributed by atoms with Gasteiger partial charge in [-0.05, 0) is 55.8 Å². The first-order valence-electron chi connectivity index (χ1n) is 9.53. The largest absolute Gasteiger partial charge is 0.326 e. The summed E-state index contributed by atoms with van der Waals surface area (Å²) in [6.07, 6.45) is 1.68. The first-order chi connectivity index (χ1) is 14.5. The standard InChI is InChI=1S/C22H22N6OS/c1-15-11-16(2)28(26-15)20-9-7-18(8-10-20)13-30-22-25-23-14-27(22)21-6-4-5-19(12-21)24-17(3)29/h4-12,14H,13H2,1-3H3,(H,24,29). The highest BCUT2D eigenvalue weighted by atomic mass is 32.2. The Balaban J connectivity index is 1.47. The Labute approximate surface area is 179 Å². The number of aryl methyl sites for hydroxylation is 2. The van der Waals surface area contributed by atoms with Crippen LogP contribution in [0.1, 0.15) is 23.9 Å². The van der Waals surface area contributed by atoms with Crippen molar-refractivity contribution < 1.29 is 4.79 Å². The highest BCUT2D eigenvalue weighted by molar-refractivity contribution is 7.98. The molecule has 0 atom stereocenters. The summed E-state index contributed by atoms with van der Waals surface area (Å²) in [6.45, 7) is 5.54. The number of benzene rings is 2. The molecule has 1 N–H and O–H groups in total. The monoisotopic (exact) mass is 418 g/mol. The van der Waals surface area contributed by atoms with Crippen LogP contribution in [0.4, 0.5) is 5.69 Å². The van der Waals surface area contributed by atoms with E-state index in [0.29, 0.717) is 0 Å². The van der Waals surface area contributed by atoms with Gasteiger partial charge in [0, 0.05) is 24.1 Å². The summed E-state index contributed by atoms with van der Waals surface area (Å²) >= 11 is 1.61. The molecule has 2 aromatic heterocycles. The summed E-state index contributed by atoms with van der Waals surface area (Å²) in [5.41, 5.74) is 6.00. The third-order valence-corrected chi connectivity index (χ3v) is 5.53. The number of hydrogen-bond donors (Lipinski definition) is 1. The van der Waals surface area contributed by atoms with Crippen molar-refractivity contribution in [2.24, 2.45) is 0 Å². The van der Waals surface area contributed by atoms with E-state index >= 15 is 0 Å². The molecule has 0 saturated carbocycles. The lowest BCUT2D eigenvalue weighted by Crippen LogP contribution is -2.06. The molecule has 2 heterocycles. The zero-order valence-corrected chi connectivity index (χ0v) is 17.8. The fraction of sp³-hybridized carbons (Fsp3) is 0.182. The van der Waals surface area contributed by atoms with Gasteiger partial charge in [-0.3, -0.25) is 9.36 Å². The van der Waals surface area contributed by atoms with Gasteiger partial charge < -0.3 is 5.32 Å². The van der Waals surface area contributed by atoms with E-state index in [1.54, 1.807) is 18.1 Å². The van der Waals surface area contributed by atoms with Gasteiger partial charge in [0.25, 0.3) is 0 Å². The van der Waals surface area contributed by atoms with Gasteiger partial charge in [-0.25, -0.2) is 4.68 Å². The van der Waals surface area contributed by atoms with E-state index in [4.69, 9.17) is 0 Å². The maximum Gasteiger partial charge on any atom is 0.221 e. The summed E-state index contributed by atoms with van der Waals surface area (Å²) in [6, 6.07) is 18.1. The van der Waals surface area contributed by atoms with Crippen molar-refractivity contribution in [1.82, 2.24) is 24.5 Å². The van der Waals surface area contributed by atoms with Crippen molar-refractivity contribution in [3.63, 3.8) is 0 Å². The SMILES string of the molecule is CC(=O)Nc1cccc(-n2cnnc2SCc2ccc(-n3nc(C)cc3C)cc2)c1. The maximum absolute atomic E-state index is 11.3. The Kier molecular flexibility index (Phi) is 5.67. The number of aromatic nitrogens is 5. The molecule has 0 bridgehead atoms. The zero-order valence-electron chi connectivity index (χ0n) is 17.0. The number of carbonyl (C=O) groups excluding carboxylic acids is 1. The Bertz CT molecular complexity index is 1180. The Hall–Kier alpha value is -3.39. The first kappa shape index (κ1) is 19.9. The highest BCUT2D eigenvalue weighted by Crippen LogP contribution is 2.25. The van der Waals surface area contributed by atoms with Crippen molar-refractivity contribution in [3.05, 3.63) is 77.9 Å². The van der Waals surface area contributed by atoms with Gasteiger partial charge in [0.1, 0.15) is 6.33 Å². The molecule has 4 aromatic rings. The van der Waals surface area contributed by atoms with Crippen LogP contribution in [0, 0.1) is 13.8 Å². The van der Waals surface area contributed by atoms with Crippen LogP contribution >= 0.6 is 11.8 Å². The molecule has 0 fully saturated rings. The molecule has 30 heavy (non-hydrogen) atoms. The molecule has 7 nitrogen and oxygen atoms in total. The van der Waals surface area contributed by atoms with Crippen LogP contribution in [0.15, 0.2) is 66.1 Å². The number of nitrogens with zero attached hydrogens (tertiary/aromatic N) is 5. The van der Waals surface area contributed by atoms with Gasteiger partial charge in [0.05, 0.1) is 17.1 Å². The van der Waals surface area contributed by atoms with Gasteiger partial charge in [-0.15, -0.1) is 10.2 Å². The number of anilines is 1. The van der Waals surface area contributed by atoms with E-state index in [-0.39, 0.29) is 5.91 Å². The maximum atomic E-state index is 11.3. The molecule has 0 saturated heterocycles. The lowest BCUT2D eigenvalue weighted by atomic mass is 10.2. The van der Waals surface area contributed by atoms with Gasteiger partial charge in [-0.2, -0.15) is 5.10 Å². The summed E-state index contributed by atoms with van der Waals surface area (Å²) in [5.74, 6) is 0.663. The Morgan fingerprint density at radius 2 is 1.87 bits per heavy atom. The minimum Gasteiger partial charge on any atom is -0.326 e. The quantitative estimate of drug-likeness (QED) is 0.472. The lowest BCUT2D eigenvalue weighted by Gasteiger charge is -2.09. The van der Waals surface area contributed by atoms with Crippen LogP contribution in [0.2, 0.25) is 0 Å². The predicted octanol–water partition coefficient (Wildman–Crippen LogP) is 4.32. The van der Waals surface area contributed by atoms with Crippen LogP contribution in [-0.4, -0.2) is 30.5 Å². The van der Waals surface area contributed by atoms with Crippen LogP contribution in [0.25, 0.3) is 11.4 Å². The highest BCUT2D eigenvalue weighted by Gasteiger charge is 2.09. The zero-order chi connectivity index (χ0) is 21.1. The minimum atomic E-state index is -0.102. The molecular weight excluding hydrogens is 396 g/mol. The van der Waals surface area contributed by atoms with E-state index < -0.39 is 0 Å². The average Bonchev–Trinajstić information content (AvgIpc) is 3.32. The van der Waals surface area contributed by atoms with Crippen molar-refractivity contribution in [3.8, 4) is 11.4 Å². The van der Waals surface area contributed by atoms with Crippen molar-refractivity contribution in [2.75, 3.05) is 5.32 Å². The second-order valence-corrected chi connectivity index (χ2v) is 7.95. The van der Waals surface area contributed by atoms with Crippen LogP contribution in [-0.2, 0) is 10.5 Å². The van der Waals surface area contributed by atoms with E-state index in [0.717, 1.165) is 39.4 Å². The second kappa shape index (κ2) is 8.54. The molecule has 152 valence electrons. The number of hydrogen-bond acceptors (Lipinski definition) is 5. The van der Waals surface area contributed by atoms with E-state index in [1.165, 1.54) is 12.5 Å². The molecule has 0 aliphatic rings. The summed E-state index contributed by atoms with van der Waals surface area (Å²) in [5, 5.41) is 16.4. The van der Waals surface area contributed by atoms with Crippen molar-refractivity contribution in [1.29, 1.82) is 0 Å². The first-order valence-corrected chi connectivity index (χ1v) is 10.5. The molecule has 4 rings (SSSR count). The fourth-order valence-electron chi connectivity index (χ4n) is 3.21. The van der Waals surface area contributed by atoms with Crippen molar-refractivity contribution in [2.45, 2.75) is 31.7 Å². The number of nitrogens with one attached hydrogen (secondary N) is 1.